The van der Waals surface area contributed by atoms with Gasteiger partial charge in [-0.15, -0.1) is 0 Å². The molecule has 1 amide bonds. The number of benzene rings is 3. The van der Waals surface area contributed by atoms with Crippen LogP contribution in [0.15, 0.2) is 88.4 Å². The molecule has 0 saturated heterocycles. The third-order valence-corrected chi connectivity index (χ3v) is 4.77. The number of nitrogens with zero attached hydrogens (tertiary/aromatic N) is 1. The van der Waals surface area contributed by atoms with E-state index in [0.29, 0.717) is 5.69 Å². The first kappa shape index (κ1) is 17.2. The lowest BCUT2D eigenvalue weighted by Gasteiger charge is -2.04. The number of fused-ring (bicyclic) bond motifs is 1. The number of hydrogen-bond acceptors (Lipinski definition) is 2. The van der Waals surface area contributed by atoms with Gasteiger partial charge in [0.05, 0.1) is 6.21 Å². The van der Waals surface area contributed by atoms with Crippen molar-refractivity contribution in [2.75, 3.05) is 0 Å². The quantitative estimate of drug-likeness (QED) is 0.340. The number of carbonyl (C=O) groups excluding carboxylic acids is 1. The first-order valence-corrected chi connectivity index (χ1v) is 9.27. The molecule has 0 fully saturated rings. The van der Waals surface area contributed by atoms with E-state index >= 15 is 0 Å². The third-order valence-electron chi connectivity index (χ3n) is 4.25. The molecule has 0 atom stereocenters. The summed E-state index contributed by atoms with van der Waals surface area (Å²) in [4.78, 5) is 16.0. The summed E-state index contributed by atoms with van der Waals surface area (Å²) >= 11 is 3.40. The van der Waals surface area contributed by atoms with Gasteiger partial charge in [-0.1, -0.05) is 76.6 Å². The van der Waals surface area contributed by atoms with Gasteiger partial charge in [-0.3, -0.25) is 4.79 Å². The maximum atomic E-state index is 12.8. The molecule has 4 aromatic rings. The van der Waals surface area contributed by atoms with E-state index in [1.54, 1.807) is 6.21 Å². The van der Waals surface area contributed by atoms with Gasteiger partial charge in [0.25, 0.3) is 5.91 Å². The predicted octanol–water partition coefficient (Wildman–Crippen LogP) is 5.36. The Morgan fingerprint density at radius 2 is 1.63 bits per heavy atom. The van der Waals surface area contributed by atoms with Crippen LogP contribution < -0.4 is 5.43 Å². The van der Waals surface area contributed by atoms with E-state index in [1.807, 2.05) is 78.9 Å². The van der Waals surface area contributed by atoms with Crippen LogP contribution in [0.1, 0.15) is 16.1 Å². The number of para-hydroxylation sites is 1. The summed E-state index contributed by atoms with van der Waals surface area (Å²) in [5.74, 6) is -0.279. The Bertz CT molecular complexity index is 1120. The van der Waals surface area contributed by atoms with Crippen molar-refractivity contribution in [1.82, 2.24) is 10.4 Å². The van der Waals surface area contributed by atoms with Crippen LogP contribution in [-0.4, -0.2) is 17.1 Å². The Labute approximate surface area is 165 Å². The first-order valence-electron chi connectivity index (χ1n) is 8.47. The van der Waals surface area contributed by atoms with Gasteiger partial charge in [0.15, 0.2) is 0 Å². The fraction of sp³-hybridized carbons (Fsp3) is 0. The Balaban J connectivity index is 1.66. The standard InChI is InChI=1S/C22H16BrN3O/c23-17-12-10-15(11-13-17)14-24-26-22(27)21-20(16-6-2-1-3-7-16)18-8-4-5-9-19(18)25-21/h1-14,25H,(H,26,27)/b24-14+. The summed E-state index contributed by atoms with van der Waals surface area (Å²) in [5, 5.41) is 5.10. The highest BCUT2D eigenvalue weighted by molar-refractivity contribution is 9.10. The van der Waals surface area contributed by atoms with Crippen molar-refractivity contribution in [3.8, 4) is 11.1 Å². The van der Waals surface area contributed by atoms with Crippen LogP contribution in [0.5, 0.6) is 0 Å². The second kappa shape index (κ2) is 7.60. The number of halogens is 1. The Hall–Kier alpha value is -3.18. The van der Waals surface area contributed by atoms with Crippen LogP contribution in [0.3, 0.4) is 0 Å². The SMILES string of the molecule is O=C(N/N=C/c1ccc(Br)cc1)c1[nH]c2ccccc2c1-c1ccccc1. The molecule has 1 heterocycles. The molecular formula is C22H16BrN3O. The topological polar surface area (TPSA) is 57.2 Å². The minimum atomic E-state index is -0.279. The number of H-pyrrole nitrogens is 1. The smallest absolute Gasteiger partial charge is 0.288 e. The molecular weight excluding hydrogens is 402 g/mol. The van der Waals surface area contributed by atoms with Gasteiger partial charge in [0.1, 0.15) is 5.69 Å². The number of aromatic nitrogens is 1. The lowest BCUT2D eigenvalue weighted by molar-refractivity contribution is 0.0951. The highest BCUT2D eigenvalue weighted by atomic mass is 79.9. The summed E-state index contributed by atoms with van der Waals surface area (Å²) in [7, 11) is 0. The van der Waals surface area contributed by atoms with Crippen molar-refractivity contribution < 1.29 is 4.79 Å². The number of rotatable bonds is 4. The van der Waals surface area contributed by atoms with Gasteiger partial charge < -0.3 is 4.98 Å². The van der Waals surface area contributed by atoms with Crippen LogP contribution in [0, 0.1) is 0 Å². The van der Waals surface area contributed by atoms with E-state index in [2.05, 4.69) is 31.4 Å². The molecule has 0 saturated carbocycles. The van der Waals surface area contributed by atoms with Gasteiger partial charge >= 0.3 is 0 Å². The number of nitrogens with one attached hydrogen (secondary N) is 2. The van der Waals surface area contributed by atoms with Crippen molar-refractivity contribution in [2.24, 2.45) is 5.10 Å². The fourth-order valence-electron chi connectivity index (χ4n) is 2.99. The average Bonchev–Trinajstić information content (AvgIpc) is 3.10. The maximum Gasteiger partial charge on any atom is 0.288 e. The van der Waals surface area contributed by atoms with Crippen molar-refractivity contribution in [3.05, 3.63) is 94.6 Å². The summed E-state index contributed by atoms with van der Waals surface area (Å²) < 4.78 is 0.995. The Kier molecular flexibility index (Phi) is 4.85. The molecule has 27 heavy (non-hydrogen) atoms. The normalized spacial score (nSPS) is 11.1. The second-order valence-electron chi connectivity index (χ2n) is 6.04. The summed E-state index contributed by atoms with van der Waals surface area (Å²) in [6.45, 7) is 0. The molecule has 4 nitrogen and oxygen atoms in total. The van der Waals surface area contributed by atoms with E-state index in [9.17, 15) is 4.79 Å². The van der Waals surface area contributed by atoms with Gasteiger partial charge in [-0.05, 0) is 29.3 Å². The average molecular weight is 418 g/mol. The lowest BCUT2D eigenvalue weighted by atomic mass is 10.0. The van der Waals surface area contributed by atoms with E-state index in [4.69, 9.17) is 0 Å². The molecule has 0 spiro atoms. The highest BCUT2D eigenvalue weighted by Gasteiger charge is 2.18. The van der Waals surface area contributed by atoms with Crippen molar-refractivity contribution in [3.63, 3.8) is 0 Å². The van der Waals surface area contributed by atoms with Crippen LogP contribution in [0.25, 0.3) is 22.0 Å². The summed E-state index contributed by atoms with van der Waals surface area (Å²) in [5.41, 5.74) is 6.79. The van der Waals surface area contributed by atoms with Crippen molar-refractivity contribution in [1.29, 1.82) is 0 Å². The number of carbonyl (C=O) groups is 1. The van der Waals surface area contributed by atoms with Gasteiger partial charge in [-0.25, -0.2) is 5.43 Å². The monoisotopic (exact) mass is 417 g/mol. The third kappa shape index (κ3) is 3.68. The van der Waals surface area contributed by atoms with Crippen LogP contribution in [0.4, 0.5) is 0 Å². The Morgan fingerprint density at radius 1 is 0.926 bits per heavy atom. The van der Waals surface area contributed by atoms with Gasteiger partial charge in [0, 0.05) is 20.9 Å². The van der Waals surface area contributed by atoms with Crippen LogP contribution in [0.2, 0.25) is 0 Å². The minimum Gasteiger partial charge on any atom is -0.350 e. The van der Waals surface area contributed by atoms with E-state index in [1.165, 1.54) is 0 Å². The molecule has 3 aromatic carbocycles. The number of hydrazone groups is 1. The zero-order chi connectivity index (χ0) is 18.6. The summed E-state index contributed by atoms with van der Waals surface area (Å²) in [6.07, 6.45) is 1.62. The molecule has 0 aliphatic heterocycles. The first-order chi connectivity index (χ1) is 13.2. The molecule has 0 unspecified atom stereocenters. The summed E-state index contributed by atoms with van der Waals surface area (Å²) in [6, 6.07) is 25.4. The maximum absolute atomic E-state index is 12.8. The molecule has 0 bridgehead atoms. The molecule has 5 heteroatoms. The molecule has 2 N–H and O–H groups in total. The second-order valence-corrected chi connectivity index (χ2v) is 6.95. The predicted molar refractivity (Wildman–Crippen MR) is 113 cm³/mol. The number of aromatic amines is 1. The molecule has 132 valence electrons. The molecule has 0 aliphatic rings. The zero-order valence-electron chi connectivity index (χ0n) is 14.3. The highest BCUT2D eigenvalue weighted by Crippen LogP contribution is 2.32. The molecule has 4 rings (SSSR count). The molecule has 0 radical (unpaired) electrons. The minimum absolute atomic E-state index is 0.279. The zero-order valence-corrected chi connectivity index (χ0v) is 15.9. The van der Waals surface area contributed by atoms with E-state index < -0.39 is 0 Å². The Morgan fingerprint density at radius 3 is 2.41 bits per heavy atom. The van der Waals surface area contributed by atoms with Crippen molar-refractivity contribution >= 4 is 39.0 Å². The van der Waals surface area contributed by atoms with Crippen molar-refractivity contribution in [2.45, 2.75) is 0 Å². The fourth-order valence-corrected chi connectivity index (χ4v) is 3.25. The lowest BCUT2D eigenvalue weighted by Crippen LogP contribution is -2.18. The van der Waals surface area contributed by atoms with Gasteiger partial charge in [-0.2, -0.15) is 5.10 Å². The number of hydrogen-bond donors (Lipinski definition) is 2. The van der Waals surface area contributed by atoms with Gasteiger partial charge in [0.2, 0.25) is 0 Å². The molecule has 1 aromatic heterocycles. The molecule has 0 aliphatic carbocycles. The van der Waals surface area contributed by atoms with E-state index in [0.717, 1.165) is 32.1 Å². The number of amides is 1. The largest absolute Gasteiger partial charge is 0.350 e. The van der Waals surface area contributed by atoms with Crippen LogP contribution >= 0.6 is 15.9 Å². The van der Waals surface area contributed by atoms with E-state index in [-0.39, 0.29) is 5.91 Å². The van der Waals surface area contributed by atoms with Crippen LogP contribution in [-0.2, 0) is 0 Å².